The van der Waals surface area contributed by atoms with Crippen LogP contribution in [-0.4, -0.2) is 73.8 Å². The molecule has 0 saturated heterocycles. The summed E-state index contributed by atoms with van der Waals surface area (Å²) in [6.07, 6.45) is 11.0. The molecule has 0 unspecified atom stereocenters. The quantitative estimate of drug-likeness (QED) is 0.0791. The normalized spacial score (nSPS) is 11.8. The van der Waals surface area contributed by atoms with Gasteiger partial charge in [0.2, 0.25) is 0 Å². The third kappa shape index (κ3) is 11.2. The van der Waals surface area contributed by atoms with Crippen LogP contribution in [0.2, 0.25) is 5.15 Å². The number of esters is 2. The molecule has 0 aliphatic rings. The summed E-state index contributed by atoms with van der Waals surface area (Å²) in [5, 5.41) is -0.0326. The minimum absolute atomic E-state index is 0.0326. The van der Waals surface area contributed by atoms with Crippen LogP contribution in [0.15, 0.2) is 98.1 Å². The molecule has 8 rings (SSSR count). The number of fused-ring (bicyclic) bond motifs is 2. The highest BCUT2D eigenvalue weighted by Crippen LogP contribution is 2.25. The van der Waals surface area contributed by atoms with Gasteiger partial charge >= 0.3 is 11.9 Å². The number of imidazole rings is 2. The van der Waals surface area contributed by atoms with Crippen LogP contribution in [0.1, 0.15) is 77.5 Å². The maximum absolute atomic E-state index is 13.7. The van der Waals surface area contributed by atoms with Gasteiger partial charge in [-0.2, -0.15) is 0 Å². The van der Waals surface area contributed by atoms with Crippen molar-refractivity contribution >= 4 is 34.8 Å². The van der Waals surface area contributed by atoms with E-state index in [0.29, 0.717) is 52.0 Å². The van der Waals surface area contributed by atoms with Crippen molar-refractivity contribution in [1.82, 2.24) is 48.7 Å². The van der Waals surface area contributed by atoms with Gasteiger partial charge in [0.25, 0.3) is 0 Å². The van der Waals surface area contributed by atoms with Crippen LogP contribution in [0.5, 0.6) is 0 Å². The molecule has 63 heavy (non-hydrogen) atoms. The lowest BCUT2D eigenvalue weighted by atomic mass is 9.98. The Labute approximate surface area is 362 Å². The van der Waals surface area contributed by atoms with Crippen molar-refractivity contribution in [1.29, 1.82) is 0 Å². The highest BCUT2D eigenvalue weighted by Gasteiger charge is 2.22. The average Bonchev–Trinajstić information content (AvgIpc) is 3.88. The molecule has 0 fully saturated rings. The number of aromatic nitrogens is 10. The summed E-state index contributed by atoms with van der Waals surface area (Å²) < 4.78 is 65.6. The lowest BCUT2D eigenvalue weighted by Crippen LogP contribution is -2.14. The van der Waals surface area contributed by atoms with Crippen molar-refractivity contribution < 1.29 is 36.6 Å². The van der Waals surface area contributed by atoms with Crippen LogP contribution in [0.3, 0.4) is 0 Å². The maximum atomic E-state index is 13.7. The largest absolute Gasteiger partial charge is 0.462 e. The molecule has 8 heterocycles. The minimum Gasteiger partial charge on any atom is -0.462 e. The van der Waals surface area contributed by atoms with Crippen LogP contribution in [0.25, 0.3) is 34.3 Å². The zero-order valence-electron chi connectivity index (χ0n) is 34.1. The number of nitrogens with two attached hydrogens (primary N) is 1. The summed E-state index contributed by atoms with van der Waals surface area (Å²) >= 11 is 6.00. The molecule has 8 aromatic heterocycles. The molecule has 324 valence electrons. The van der Waals surface area contributed by atoms with Crippen molar-refractivity contribution in [3.8, 4) is 23.0 Å². The maximum Gasteiger partial charge on any atom is 0.342 e. The molecular weight excluding hydrogens is 846 g/mol. The molecular formula is C43H38ClF4N11O4. The first-order valence-corrected chi connectivity index (χ1v) is 19.6. The molecule has 0 spiro atoms. The second-order valence-corrected chi connectivity index (χ2v) is 13.9. The van der Waals surface area contributed by atoms with E-state index in [-0.39, 0.29) is 53.1 Å². The molecule has 0 aliphatic carbocycles. The van der Waals surface area contributed by atoms with Crippen LogP contribution in [-0.2, 0) is 15.9 Å². The summed E-state index contributed by atoms with van der Waals surface area (Å²) in [4.78, 5) is 57.4. The molecule has 20 heteroatoms. The Bertz CT molecular complexity index is 2860. The molecule has 2 atom stereocenters. The minimum atomic E-state index is -0.594. The van der Waals surface area contributed by atoms with E-state index >= 15 is 0 Å². The van der Waals surface area contributed by atoms with E-state index in [9.17, 15) is 27.2 Å². The predicted molar refractivity (Wildman–Crippen MR) is 222 cm³/mol. The number of ether oxygens (including phenoxy) is 2. The fourth-order valence-corrected chi connectivity index (χ4v) is 6.08. The summed E-state index contributed by atoms with van der Waals surface area (Å²) in [5.74, 6) is -2.35. The van der Waals surface area contributed by atoms with E-state index < -0.39 is 29.4 Å². The van der Waals surface area contributed by atoms with Gasteiger partial charge in [-0.25, -0.2) is 57.1 Å². The average molecular weight is 884 g/mol. The lowest BCUT2D eigenvalue weighted by Gasteiger charge is -2.14. The van der Waals surface area contributed by atoms with Crippen molar-refractivity contribution in [3.63, 3.8) is 0 Å². The van der Waals surface area contributed by atoms with Crippen molar-refractivity contribution in [2.75, 3.05) is 13.2 Å². The van der Waals surface area contributed by atoms with E-state index in [1.807, 2.05) is 6.92 Å². The van der Waals surface area contributed by atoms with E-state index in [1.165, 1.54) is 71.9 Å². The zero-order chi connectivity index (χ0) is 45.2. The molecule has 15 nitrogen and oxygen atoms in total. The van der Waals surface area contributed by atoms with Gasteiger partial charge in [0.1, 0.15) is 56.7 Å². The van der Waals surface area contributed by atoms with Gasteiger partial charge in [0.05, 0.1) is 55.0 Å². The molecule has 0 radical (unpaired) electrons. The third-order valence-electron chi connectivity index (χ3n) is 8.97. The van der Waals surface area contributed by atoms with Gasteiger partial charge in [0, 0.05) is 42.4 Å². The molecule has 0 saturated carbocycles. The lowest BCUT2D eigenvalue weighted by molar-refractivity contribution is 0.0515. The van der Waals surface area contributed by atoms with Crippen molar-refractivity contribution in [2.45, 2.75) is 46.1 Å². The number of carbonyl (C=O) groups excluding carboxylic acids is 2. The molecule has 0 amide bonds. The summed E-state index contributed by atoms with van der Waals surface area (Å²) in [6, 6.07) is 11.5. The third-order valence-corrected chi connectivity index (χ3v) is 9.26. The number of halogens is 5. The van der Waals surface area contributed by atoms with Gasteiger partial charge in [-0.15, -0.1) is 0 Å². The molecule has 2 N–H and O–H groups in total. The number of pyridine rings is 4. The van der Waals surface area contributed by atoms with Crippen molar-refractivity contribution in [2.24, 2.45) is 5.73 Å². The second-order valence-electron chi connectivity index (χ2n) is 13.5. The van der Waals surface area contributed by atoms with Gasteiger partial charge < -0.3 is 15.2 Å². The Morgan fingerprint density at radius 3 is 1.57 bits per heavy atom. The van der Waals surface area contributed by atoms with Crippen LogP contribution < -0.4 is 5.73 Å². The predicted octanol–water partition coefficient (Wildman–Crippen LogP) is 7.99. The van der Waals surface area contributed by atoms with Crippen LogP contribution >= 0.6 is 11.6 Å². The van der Waals surface area contributed by atoms with Gasteiger partial charge in [-0.1, -0.05) is 18.5 Å². The zero-order valence-corrected chi connectivity index (χ0v) is 34.8. The summed E-state index contributed by atoms with van der Waals surface area (Å²) in [5.41, 5.74) is 9.65. The van der Waals surface area contributed by atoms with E-state index in [0.717, 1.165) is 6.20 Å². The highest BCUT2D eigenvalue weighted by atomic mass is 35.5. The topological polar surface area (TPSA) is 191 Å². The molecule has 8 aromatic rings. The van der Waals surface area contributed by atoms with E-state index in [2.05, 4.69) is 39.9 Å². The number of carbonyl (C=O) groups is 2. The fourth-order valence-electron chi connectivity index (χ4n) is 5.88. The first-order chi connectivity index (χ1) is 30.3. The Morgan fingerprint density at radius 1 is 0.619 bits per heavy atom. The van der Waals surface area contributed by atoms with Gasteiger partial charge in [-0.05, 0) is 75.7 Å². The van der Waals surface area contributed by atoms with Gasteiger partial charge in [0.15, 0.2) is 11.6 Å². The van der Waals surface area contributed by atoms with Crippen LogP contribution in [0, 0.1) is 23.3 Å². The molecule has 0 bridgehead atoms. The number of nitrogens with zero attached hydrogens (tertiary/aromatic N) is 10. The molecule has 0 aromatic carbocycles. The SMILES string of the molecule is CCOC(=O)c1cnc(-c2cnc3ccc(F)cn23)nc1C[C@@H](C)c1ccc(F)cn1.CCOC(=O)c1cnc(-c2cnc3ccc(F)cn23)nc1Cl.C[C@H](N)c1ccc(F)cn1. The number of hydrogen-bond acceptors (Lipinski definition) is 13. The summed E-state index contributed by atoms with van der Waals surface area (Å²) in [7, 11) is 0. The Morgan fingerprint density at radius 2 is 1.10 bits per heavy atom. The Kier molecular flexibility index (Phi) is 14.8. The summed E-state index contributed by atoms with van der Waals surface area (Å²) in [6.45, 7) is 7.55. The monoisotopic (exact) mass is 883 g/mol. The fraction of sp³-hybridized carbons (Fsp3) is 0.209. The number of rotatable bonds is 10. The Hall–Kier alpha value is -7.25. The first-order valence-electron chi connectivity index (χ1n) is 19.2. The highest BCUT2D eigenvalue weighted by molar-refractivity contribution is 6.32. The standard InChI is InChI=1S/C22H19F2N5O2.C14H10ClFN4O2.C7H9FN2/c1-3-31-22(30)16-10-27-21(19-11-26-20-7-5-15(24)12-29(19)20)28-18(16)8-13(2)17-6-4-14(23)9-25-17;1-2-22-14(21)9-5-18-13(19-12(9)15)10-6-17-11-4-3-8(16)7-20(10)11;1-5(9)7-3-2-6(8)4-10-7/h4-7,9-13H,3,8H2,1-2H3;3-7H,2H2,1H3;2-5H,9H2,1H3/t13-;;5-/m1.0/s1. The van der Waals surface area contributed by atoms with Crippen LogP contribution in [0.4, 0.5) is 17.6 Å². The Balaban J connectivity index is 0.000000178. The van der Waals surface area contributed by atoms with Gasteiger partial charge in [-0.3, -0.25) is 18.8 Å². The van der Waals surface area contributed by atoms with E-state index in [1.54, 1.807) is 49.6 Å². The first kappa shape index (κ1) is 45.3. The van der Waals surface area contributed by atoms with E-state index in [4.69, 9.17) is 26.8 Å². The molecule has 0 aliphatic heterocycles. The van der Waals surface area contributed by atoms with Crippen molar-refractivity contribution in [3.05, 3.63) is 155 Å². The second kappa shape index (κ2) is 20.5. The smallest absolute Gasteiger partial charge is 0.342 e. The number of hydrogen-bond donors (Lipinski definition) is 1.